The van der Waals surface area contributed by atoms with Crippen molar-refractivity contribution in [3.8, 4) is 0 Å². The van der Waals surface area contributed by atoms with E-state index in [1.54, 1.807) is 14.2 Å². The molecular formula is C22H38O2. The highest BCUT2D eigenvalue weighted by Crippen LogP contribution is 2.27. The summed E-state index contributed by atoms with van der Waals surface area (Å²) in [6.45, 7) is 11.3. The summed E-state index contributed by atoms with van der Waals surface area (Å²) in [4.78, 5) is 0. The maximum absolute atomic E-state index is 5.85. The highest BCUT2D eigenvalue weighted by atomic mass is 16.5. The monoisotopic (exact) mass is 334 g/mol. The van der Waals surface area contributed by atoms with Crippen LogP contribution in [-0.2, 0) is 9.47 Å². The molecule has 0 aromatic heterocycles. The topological polar surface area (TPSA) is 18.5 Å². The quantitative estimate of drug-likeness (QED) is 0.581. The first-order valence-corrected chi connectivity index (χ1v) is 9.40. The Labute approximate surface area is 150 Å². The highest BCUT2D eigenvalue weighted by Gasteiger charge is 2.25. The second-order valence-corrected chi connectivity index (χ2v) is 7.90. The van der Waals surface area contributed by atoms with Crippen molar-refractivity contribution in [3.63, 3.8) is 0 Å². The van der Waals surface area contributed by atoms with Gasteiger partial charge in [-0.2, -0.15) is 0 Å². The molecule has 0 heterocycles. The van der Waals surface area contributed by atoms with Crippen molar-refractivity contribution in [1.82, 2.24) is 0 Å². The second kappa shape index (κ2) is 10.2. The van der Waals surface area contributed by atoms with E-state index in [0.29, 0.717) is 11.8 Å². The first kappa shape index (κ1) is 21.2. The van der Waals surface area contributed by atoms with Crippen LogP contribution in [0, 0.1) is 11.8 Å². The van der Waals surface area contributed by atoms with Gasteiger partial charge in [0.15, 0.2) is 0 Å². The van der Waals surface area contributed by atoms with E-state index in [9.17, 15) is 0 Å². The number of hydrogen-bond donors (Lipinski definition) is 0. The molecule has 1 aliphatic rings. The largest absolute Gasteiger partial charge is 0.377 e. The number of methoxy groups -OCH3 is 2. The van der Waals surface area contributed by atoms with E-state index in [2.05, 4.69) is 58.9 Å². The molecule has 0 spiro atoms. The molecule has 1 aliphatic carbocycles. The van der Waals surface area contributed by atoms with Gasteiger partial charge >= 0.3 is 0 Å². The lowest BCUT2D eigenvalue weighted by atomic mass is 9.86. The summed E-state index contributed by atoms with van der Waals surface area (Å²) < 4.78 is 11.6. The molecule has 0 bridgehead atoms. The molecule has 0 saturated heterocycles. The Bertz CT molecular complexity index is 459. The summed E-state index contributed by atoms with van der Waals surface area (Å²) >= 11 is 0. The third-order valence-corrected chi connectivity index (χ3v) is 5.30. The third-order valence-electron chi connectivity index (χ3n) is 5.30. The Balaban J connectivity index is 3.10. The first-order chi connectivity index (χ1) is 11.3. The fourth-order valence-electron chi connectivity index (χ4n) is 3.25. The van der Waals surface area contributed by atoms with E-state index in [1.807, 2.05) is 0 Å². The molecular weight excluding hydrogens is 296 g/mol. The second-order valence-electron chi connectivity index (χ2n) is 7.90. The average molecular weight is 335 g/mol. The molecule has 2 nitrogen and oxygen atoms in total. The molecule has 0 aromatic carbocycles. The number of hydrogen-bond acceptors (Lipinski definition) is 2. The van der Waals surface area contributed by atoms with Crippen LogP contribution < -0.4 is 0 Å². The van der Waals surface area contributed by atoms with Gasteiger partial charge in [0.1, 0.15) is 0 Å². The Morgan fingerprint density at radius 3 is 2.42 bits per heavy atom. The smallest absolute Gasteiger partial charge is 0.0858 e. The maximum Gasteiger partial charge on any atom is 0.0858 e. The summed E-state index contributed by atoms with van der Waals surface area (Å²) in [5.41, 5.74) is 2.61. The highest BCUT2D eigenvalue weighted by molar-refractivity contribution is 5.11. The van der Waals surface area contributed by atoms with Gasteiger partial charge in [0, 0.05) is 20.6 Å². The van der Waals surface area contributed by atoms with Crippen LogP contribution in [0.15, 0.2) is 35.5 Å². The SMILES string of the molecule is CO[C@H]1/C=C(/C)CC/C=C(/C)CC[C@H](C(C)C)/C=C/[C@](C)(OC)C1. The van der Waals surface area contributed by atoms with Gasteiger partial charge in [0.05, 0.1) is 11.7 Å². The van der Waals surface area contributed by atoms with Crippen LogP contribution in [0.5, 0.6) is 0 Å². The minimum Gasteiger partial charge on any atom is -0.377 e. The standard InChI is InChI=1S/C22H38O2/c1-17(2)20-12-11-18(3)9-8-10-19(4)15-21(23-6)16-22(5,24-7)14-13-20/h9,13-15,17,20-21H,8,10-12,16H2,1-7H3/b14-13+,18-9-,19-15-/t20-,21-,22-/m0/s1. The molecule has 1 rings (SSSR count). The van der Waals surface area contributed by atoms with Crippen molar-refractivity contribution in [2.45, 2.75) is 78.4 Å². The summed E-state index contributed by atoms with van der Waals surface area (Å²) in [6, 6.07) is 0. The van der Waals surface area contributed by atoms with Gasteiger partial charge in [-0.05, 0) is 58.3 Å². The lowest BCUT2D eigenvalue weighted by Gasteiger charge is -2.29. The molecule has 0 fully saturated rings. The minimum atomic E-state index is -0.292. The lowest BCUT2D eigenvalue weighted by molar-refractivity contribution is 0.000970. The molecule has 0 saturated carbocycles. The van der Waals surface area contributed by atoms with Crippen LogP contribution >= 0.6 is 0 Å². The molecule has 3 atom stereocenters. The van der Waals surface area contributed by atoms with Crippen LogP contribution in [-0.4, -0.2) is 25.9 Å². The van der Waals surface area contributed by atoms with Gasteiger partial charge in [-0.3, -0.25) is 0 Å². The van der Waals surface area contributed by atoms with Crippen molar-refractivity contribution < 1.29 is 9.47 Å². The zero-order valence-electron chi connectivity index (χ0n) is 16.9. The fraction of sp³-hybridized carbons (Fsp3) is 0.727. The molecule has 0 aliphatic heterocycles. The first-order valence-electron chi connectivity index (χ1n) is 9.40. The van der Waals surface area contributed by atoms with Crippen molar-refractivity contribution >= 4 is 0 Å². The molecule has 24 heavy (non-hydrogen) atoms. The average Bonchev–Trinajstić information content (AvgIpc) is 2.53. The zero-order chi connectivity index (χ0) is 18.2. The van der Waals surface area contributed by atoms with Gasteiger partial charge in [0.25, 0.3) is 0 Å². The molecule has 0 radical (unpaired) electrons. The summed E-state index contributed by atoms with van der Waals surface area (Å²) in [7, 11) is 3.59. The fourth-order valence-corrected chi connectivity index (χ4v) is 3.25. The summed E-state index contributed by atoms with van der Waals surface area (Å²) in [5, 5.41) is 0. The van der Waals surface area contributed by atoms with Gasteiger partial charge in [-0.1, -0.05) is 49.3 Å². The van der Waals surface area contributed by atoms with Crippen molar-refractivity contribution in [3.05, 3.63) is 35.5 Å². The molecule has 0 unspecified atom stereocenters. The van der Waals surface area contributed by atoms with Crippen LogP contribution in [0.4, 0.5) is 0 Å². The normalized spacial score (nSPS) is 36.3. The van der Waals surface area contributed by atoms with E-state index in [4.69, 9.17) is 9.47 Å². The molecule has 2 heteroatoms. The predicted octanol–water partition coefficient (Wildman–Crippen LogP) is 6.09. The number of rotatable bonds is 3. The van der Waals surface area contributed by atoms with Crippen LogP contribution in [0.3, 0.4) is 0 Å². The van der Waals surface area contributed by atoms with Crippen molar-refractivity contribution in [1.29, 1.82) is 0 Å². The van der Waals surface area contributed by atoms with E-state index in [-0.39, 0.29) is 11.7 Å². The van der Waals surface area contributed by atoms with Crippen molar-refractivity contribution in [2.75, 3.05) is 14.2 Å². The van der Waals surface area contributed by atoms with E-state index in [1.165, 1.54) is 24.0 Å². The maximum atomic E-state index is 5.85. The van der Waals surface area contributed by atoms with E-state index in [0.717, 1.165) is 19.3 Å². The van der Waals surface area contributed by atoms with E-state index < -0.39 is 0 Å². The van der Waals surface area contributed by atoms with Crippen LogP contribution in [0.25, 0.3) is 0 Å². The van der Waals surface area contributed by atoms with Crippen LogP contribution in [0.1, 0.15) is 66.7 Å². The van der Waals surface area contributed by atoms with Crippen molar-refractivity contribution in [2.24, 2.45) is 11.8 Å². The van der Waals surface area contributed by atoms with Gasteiger partial charge in [0.2, 0.25) is 0 Å². The Hall–Kier alpha value is -0.860. The molecule has 0 N–H and O–H groups in total. The van der Waals surface area contributed by atoms with E-state index >= 15 is 0 Å². The van der Waals surface area contributed by atoms with Crippen LogP contribution in [0.2, 0.25) is 0 Å². The van der Waals surface area contributed by atoms with Gasteiger partial charge in [-0.25, -0.2) is 0 Å². The Morgan fingerprint density at radius 2 is 1.83 bits per heavy atom. The third kappa shape index (κ3) is 7.36. The lowest BCUT2D eigenvalue weighted by Crippen LogP contribution is -2.31. The Kier molecular flexibility index (Phi) is 9.01. The zero-order valence-corrected chi connectivity index (χ0v) is 16.9. The predicted molar refractivity (Wildman–Crippen MR) is 104 cm³/mol. The van der Waals surface area contributed by atoms with Gasteiger partial charge < -0.3 is 9.47 Å². The summed E-state index contributed by atoms with van der Waals surface area (Å²) in [5.74, 6) is 1.23. The Morgan fingerprint density at radius 1 is 1.12 bits per heavy atom. The molecule has 0 amide bonds. The molecule has 0 aromatic rings. The number of allylic oxidation sites excluding steroid dienone is 4. The molecule has 138 valence electrons. The van der Waals surface area contributed by atoms with Gasteiger partial charge in [-0.15, -0.1) is 0 Å². The summed E-state index contributed by atoms with van der Waals surface area (Å²) in [6.07, 6.45) is 14.8. The minimum absolute atomic E-state index is 0.0881. The number of ether oxygens (including phenoxy) is 2.